The number of aliphatic hydroxyl groups is 1. The molecule has 0 bridgehead atoms. The minimum atomic E-state index is -4.14. The van der Waals surface area contributed by atoms with Gasteiger partial charge < -0.3 is 5.11 Å². The zero-order valence-corrected chi connectivity index (χ0v) is 25.6. The van der Waals surface area contributed by atoms with Crippen molar-refractivity contribution in [2.45, 2.75) is 105 Å². The smallest absolute Gasteiger partial charge is 0.241 e. The van der Waals surface area contributed by atoms with E-state index in [0.717, 1.165) is 12.0 Å². The summed E-state index contributed by atoms with van der Waals surface area (Å²) < 4.78 is 40.4. The summed E-state index contributed by atoms with van der Waals surface area (Å²) in [6, 6.07) is 0.581. The first-order valence-electron chi connectivity index (χ1n) is 14.4. The molecule has 3 saturated carbocycles. The summed E-state index contributed by atoms with van der Waals surface area (Å²) in [4.78, 5) is 27.6. The number of nitrogens with one attached hydrogen (secondary N) is 1. The average molecular weight is 575 g/mol. The van der Waals surface area contributed by atoms with E-state index in [1.807, 2.05) is 27.7 Å². The van der Waals surface area contributed by atoms with Gasteiger partial charge in [0.2, 0.25) is 16.0 Å². The average Bonchev–Trinajstić information content (AvgIpc) is 2.86. The number of halogens is 1. The van der Waals surface area contributed by atoms with Gasteiger partial charge in [0.25, 0.3) is 0 Å². The van der Waals surface area contributed by atoms with Gasteiger partial charge in [-0.2, -0.15) is 5.26 Å². The van der Waals surface area contributed by atoms with Crippen molar-refractivity contribution in [2.75, 3.05) is 6.01 Å². The Balaban J connectivity index is 1.68. The number of Topliss-reactive ketones (excluding diaryl/α,β-unsaturated/α-hetero) is 1. The van der Waals surface area contributed by atoms with Crippen molar-refractivity contribution in [1.29, 1.82) is 5.26 Å². The van der Waals surface area contributed by atoms with Gasteiger partial charge in [0.1, 0.15) is 11.7 Å². The summed E-state index contributed by atoms with van der Waals surface area (Å²) in [6.07, 6.45) is 7.44. The molecule has 0 radical (unpaired) electrons. The lowest BCUT2D eigenvalue weighted by Gasteiger charge is -2.71. The summed E-state index contributed by atoms with van der Waals surface area (Å²) in [6.45, 7) is 13.8. The molecule has 5 aliphatic carbocycles. The maximum atomic E-state index is 14.4. The highest BCUT2D eigenvalue weighted by atomic mass is 32.2. The van der Waals surface area contributed by atoms with Gasteiger partial charge >= 0.3 is 0 Å². The monoisotopic (exact) mass is 574 g/mol. The highest BCUT2D eigenvalue weighted by Gasteiger charge is 2.75. The first-order chi connectivity index (χ1) is 18.2. The molecule has 5 aliphatic rings. The van der Waals surface area contributed by atoms with E-state index < -0.39 is 54.7 Å². The van der Waals surface area contributed by atoms with Crippen LogP contribution in [0.25, 0.3) is 0 Å². The molecule has 0 aromatic carbocycles. The Bertz CT molecular complexity index is 1410. The number of sulfonamides is 1. The molecule has 0 aromatic heterocycles. The molecule has 9 heteroatoms. The summed E-state index contributed by atoms with van der Waals surface area (Å²) in [5, 5.41) is 22.7. The molecule has 2 N–H and O–H groups in total. The molecule has 0 heterocycles. The van der Waals surface area contributed by atoms with Gasteiger partial charge in [0.05, 0.1) is 5.57 Å². The van der Waals surface area contributed by atoms with Crippen molar-refractivity contribution in [3.8, 4) is 6.07 Å². The van der Waals surface area contributed by atoms with Crippen molar-refractivity contribution in [2.24, 2.45) is 38.9 Å². The number of allylic oxidation sites excluding steroid dienone is 3. The second-order valence-electron chi connectivity index (χ2n) is 15.2. The molecule has 5 rings (SSSR count). The Labute approximate surface area is 237 Å². The van der Waals surface area contributed by atoms with Gasteiger partial charge in [-0.25, -0.2) is 17.5 Å². The molecule has 0 amide bonds. The van der Waals surface area contributed by atoms with Crippen molar-refractivity contribution in [1.82, 2.24) is 4.72 Å². The Morgan fingerprint density at radius 1 is 1.02 bits per heavy atom. The molecule has 8 atom stereocenters. The number of rotatable bonds is 3. The van der Waals surface area contributed by atoms with Crippen LogP contribution in [0.4, 0.5) is 4.39 Å². The zero-order chi connectivity index (χ0) is 29.9. The highest BCUT2D eigenvalue weighted by Crippen LogP contribution is 2.75. The van der Waals surface area contributed by atoms with E-state index in [4.69, 9.17) is 0 Å². The van der Waals surface area contributed by atoms with Crippen LogP contribution in [0.15, 0.2) is 23.3 Å². The quantitative estimate of drug-likeness (QED) is 0.493. The minimum absolute atomic E-state index is 0.103. The maximum absolute atomic E-state index is 14.4. The Kier molecular flexibility index (Phi) is 6.18. The van der Waals surface area contributed by atoms with E-state index >= 15 is 0 Å². The molecule has 0 saturated heterocycles. The van der Waals surface area contributed by atoms with E-state index in [1.165, 1.54) is 0 Å². The Hall–Kier alpha value is -1.89. The Morgan fingerprint density at radius 2 is 1.65 bits per heavy atom. The number of carbonyl (C=O) groups is 2. The predicted molar refractivity (Wildman–Crippen MR) is 149 cm³/mol. The fraction of sp³-hybridized carbons (Fsp3) is 0.774. The van der Waals surface area contributed by atoms with Gasteiger partial charge in [-0.1, -0.05) is 47.6 Å². The molecule has 3 fully saturated rings. The molecule has 7 nitrogen and oxygen atoms in total. The van der Waals surface area contributed by atoms with Crippen LogP contribution in [-0.4, -0.2) is 42.2 Å². The van der Waals surface area contributed by atoms with Crippen LogP contribution in [-0.2, 0) is 19.6 Å². The van der Waals surface area contributed by atoms with Gasteiger partial charge in [-0.05, 0) is 80.3 Å². The lowest BCUT2D eigenvalue weighted by atomic mass is 9.33. The predicted octanol–water partition coefficient (Wildman–Crippen LogP) is 4.92. The first kappa shape index (κ1) is 29.6. The SMILES string of the molecule is CC1(C)C(=O)C(C#N)=C[C@]2(C)C3=CC(=O)[C@]4(O)[C@@H]5C[C@@](C)(NS(=O)(=O)CF)CC[C@@]5(C)CC[C@@]4(C)[C@]3(C)CC[C@@H]12. The molecule has 0 aromatic rings. The maximum Gasteiger partial charge on any atom is 0.241 e. The lowest BCUT2D eigenvalue weighted by Crippen LogP contribution is -2.74. The van der Waals surface area contributed by atoms with Crippen molar-refractivity contribution >= 4 is 21.6 Å². The third-order valence-electron chi connectivity index (χ3n) is 12.8. The normalized spacial score (nSPS) is 48.0. The molecule has 220 valence electrons. The third-order valence-corrected chi connectivity index (χ3v) is 13.9. The van der Waals surface area contributed by atoms with E-state index in [0.29, 0.717) is 32.1 Å². The van der Waals surface area contributed by atoms with Gasteiger partial charge in [-0.3, -0.25) is 9.59 Å². The summed E-state index contributed by atoms with van der Waals surface area (Å²) in [7, 11) is -4.14. The van der Waals surface area contributed by atoms with E-state index in [2.05, 4.69) is 24.6 Å². The van der Waals surface area contributed by atoms with Crippen LogP contribution in [0.5, 0.6) is 0 Å². The largest absolute Gasteiger partial charge is 0.381 e. The number of carbonyl (C=O) groups excluding carboxylic acids is 2. The zero-order valence-electron chi connectivity index (χ0n) is 24.8. The van der Waals surface area contributed by atoms with Crippen molar-refractivity contribution in [3.63, 3.8) is 0 Å². The molecule has 0 aliphatic heterocycles. The second kappa shape index (κ2) is 8.35. The molecule has 0 unspecified atom stereocenters. The molecular weight excluding hydrogens is 531 g/mol. The van der Waals surface area contributed by atoms with Gasteiger partial charge in [0, 0.05) is 27.7 Å². The summed E-state index contributed by atoms with van der Waals surface area (Å²) in [5.41, 5.74) is -5.12. The summed E-state index contributed by atoms with van der Waals surface area (Å²) in [5.74, 6) is -1.20. The number of fused-ring (bicyclic) bond motifs is 7. The van der Waals surface area contributed by atoms with E-state index in [1.54, 1.807) is 19.1 Å². The van der Waals surface area contributed by atoms with Crippen LogP contribution in [0.2, 0.25) is 0 Å². The fourth-order valence-corrected chi connectivity index (χ4v) is 11.2. The fourth-order valence-electron chi connectivity index (χ4n) is 10.3. The van der Waals surface area contributed by atoms with Crippen molar-refractivity contribution < 1.29 is 27.5 Å². The van der Waals surface area contributed by atoms with Gasteiger partial charge in [-0.15, -0.1) is 0 Å². The topological polar surface area (TPSA) is 124 Å². The van der Waals surface area contributed by atoms with Crippen LogP contribution in [0.1, 0.15) is 93.4 Å². The van der Waals surface area contributed by atoms with Crippen molar-refractivity contribution in [3.05, 3.63) is 23.3 Å². The highest BCUT2D eigenvalue weighted by molar-refractivity contribution is 7.89. The molecular formula is C31H43FN2O5S. The number of hydrogen-bond acceptors (Lipinski definition) is 6. The number of nitrogens with zero attached hydrogens (tertiary/aromatic N) is 1. The van der Waals surface area contributed by atoms with Gasteiger partial charge in [0.15, 0.2) is 11.6 Å². The lowest BCUT2D eigenvalue weighted by molar-refractivity contribution is -0.239. The Morgan fingerprint density at radius 3 is 2.25 bits per heavy atom. The minimum Gasteiger partial charge on any atom is -0.381 e. The molecule has 0 spiro atoms. The van der Waals surface area contributed by atoms with Crippen LogP contribution in [0, 0.1) is 50.2 Å². The second-order valence-corrected chi connectivity index (χ2v) is 16.9. The number of ketones is 2. The summed E-state index contributed by atoms with van der Waals surface area (Å²) >= 11 is 0. The number of hydrogen-bond donors (Lipinski definition) is 2. The number of nitriles is 1. The molecule has 40 heavy (non-hydrogen) atoms. The van der Waals surface area contributed by atoms with Crippen LogP contribution in [0.3, 0.4) is 0 Å². The standard InChI is InChI=1S/C31H43FN2O5S/c1-25(2)20-8-9-29(6)21(28(20,5)15-19(17-33)24(25)36)14-23(35)31(37)22-16-27(4,34-40(38,39)18-32)12-10-26(22,3)11-13-30(29,31)7/h14-15,20,22,34,37H,8-13,16,18H2,1-7H3/t20-,22+,26-,27-,28-,29+,30-,31+/m0/s1. The number of alkyl halides is 1. The first-order valence-corrected chi connectivity index (χ1v) is 16.1. The van der Waals surface area contributed by atoms with E-state index in [-0.39, 0.29) is 34.9 Å². The van der Waals surface area contributed by atoms with E-state index in [9.17, 15) is 32.8 Å². The third kappa shape index (κ3) is 3.48. The van der Waals surface area contributed by atoms with Crippen LogP contribution < -0.4 is 4.72 Å². The van der Waals surface area contributed by atoms with Crippen LogP contribution >= 0.6 is 0 Å².